The summed E-state index contributed by atoms with van der Waals surface area (Å²) in [6.07, 6.45) is 16.9. The quantitative estimate of drug-likeness (QED) is 0.265. The van der Waals surface area contributed by atoms with Gasteiger partial charge >= 0.3 is 0 Å². The molecule has 7 rings (SSSR count). The van der Waals surface area contributed by atoms with Gasteiger partial charge in [0.2, 0.25) is 17.4 Å². The van der Waals surface area contributed by atoms with Crippen molar-refractivity contribution >= 4 is 0 Å². The number of phenolic OH excluding ortho intramolecular Hbond substituents is 1. The van der Waals surface area contributed by atoms with Gasteiger partial charge in [-0.1, -0.05) is 47.0 Å². The minimum Gasteiger partial charge on any atom is -0.504 e. The predicted octanol–water partition coefficient (Wildman–Crippen LogP) is 10.1. The van der Waals surface area contributed by atoms with E-state index in [4.69, 9.17) is 28.4 Å². The number of fused-ring (bicyclic) bond motifs is 4. The van der Waals surface area contributed by atoms with Gasteiger partial charge < -0.3 is 33.5 Å². The number of rotatable bonds is 9. The van der Waals surface area contributed by atoms with Crippen LogP contribution in [0.5, 0.6) is 23.0 Å². The van der Waals surface area contributed by atoms with Crippen LogP contribution in [0.25, 0.3) is 0 Å². The lowest BCUT2D eigenvalue weighted by molar-refractivity contribution is -0.196. The standard InChI is InChI=1S/C42H60O7/c1-37(2)27-39(31-25-34(33(43)23-29(31)37)47-40(44-5)17-11-8-12-18-40)28-38(3,4)30-24-35(48-41(45-6)19-13-9-14-20-41)36(26-32(30)39)49-42(46-7)21-15-10-16-22-42/h23-26,43H,8-22,27-28H2,1-7H3. The van der Waals surface area contributed by atoms with Gasteiger partial charge in [0.05, 0.1) is 0 Å². The average molecular weight is 677 g/mol. The Morgan fingerprint density at radius 3 is 1.16 bits per heavy atom. The van der Waals surface area contributed by atoms with Crippen LogP contribution in [0.3, 0.4) is 0 Å². The molecule has 0 saturated heterocycles. The summed E-state index contributed by atoms with van der Waals surface area (Å²) in [5.74, 6) is 0.128. The van der Waals surface area contributed by atoms with E-state index >= 15 is 0 Å². The third-order valence-electron chi connectivity index (χ3n) is 13.0. The Labute approximate surface area is 294 Å². The fraction of sp³-hybridized carbons (Fsp3) is 0.714. The molecule has 0 amide bonds. The Hall–Kier alpha value is -2.48. The Bertz CT molecular complexity index is 1520. The number of hydrogen-bond acceptors (Lipinski definition) is 7. The predicted molar refractivity (Wildman–Crippen MR) is 191 cm³/mol. The monoisotopic (exact) mass is 676 g/mol. The molecule has 5 aliphatic carbocycles. The molecule has 0 radical (unpaired) electrons. The van der Waals surface area contributed by atoms with E-state index in [9.17, 15) is 5.11 Å². The summed E-state index contributed by atoms with van der Waals surface area (Å²) in [5, 5.41) is 11.5. The first-order valence-electron chi connectivity index (χ1n) is 19.1. The molecule has 3 saturated carbocycles. The van der Waals surface area contributed by atoms with Crippen LogP contribution >= 0.6 is 0 Å². The normalized spacial score (nSPS) is 27.3. The van der Waals surface area contributed by atoms with Crippen LogP contribution in [-0.2, 0) is 30.5 Å². The third-order valence-corrected chi connectivity index (χ3v) is 13.0. The van der Waals surface area contributed by atoms with Crippen molar-refractivity contribution in [2.75, 3.05) is 21.3 Å². The van der Waals surface area contributed by atoms with Crippen molar-refractivity contribution in [3.63, 3.8) is 0 Å². The molecule has 270 valence electrons. The number of aromatic hydroxyl groups is 1. The molecule has 1 unspecified atom stereocenters. The second-order valence-corrected chi connectivity index (χ2v) is 17.2. The zero-order valence-electron chi connectivity index (χ0n) is 31.2. The molecular formula is C42H60O7. The first kappa shape index (κ1) is 34.9. The highest BCUT2D eigenvalue weighted by Gasteiger charge is 2.57. The lowest BCUT2D eigenvalue weighted by Gasteiger charge is -2.39. The molecule has 1 atom stereocenters. The number of phenols is 1. The van der Waals surface area contributed by atoms with Crippen molar-refractivity contribution in [3.05, 3.63) is 46.5 Å². The second-order valence-electron chi connectivity index (χ2n) is 17.2. The van der Waals surface area contributed by atoms with Crippen molar-refractivity contribution in [3.8, 4) is 23.0 Å². The maximum Gasteiger partial charge on any atom is 0.210 e. The Morgan fingerprint density at radius 1 is 0.449 bits per heavy atom. The highest BCUT2D eigenvalue weighted by Crippen LogP contribution is 2.65. The highest BCUT2D eigenvalue weighted by atomic mass is 16.7. The van der Waals surface area contributed by atoms with E-state index in [1.54, 1.807) is 21.3 Å². The summed E-state index contributed by atoms with van der Waals surface area (Å²) in [7, 11) is 5.30. The third kappa shape index (κ3) is 6.04. The Kier molecular flexibility index (Phi) is 9.01. The number of ether oxygens (including phenoxy) is 6. The second kappa shape index (κ2) is 12.6. The lowest BCUT2D eigenvalue weighted by atomic mass is 9.72. The summed E-state index contributed by atoms with van der Waals surface area (Å²) in [6, 6.07) is 8.67. The van der Waals surface area contributed by atoms with Gasteiger partial charge in [-0.15, -0.1) is 0 Å². The molecule has 0 aliphatic heterocycles. The van der Waals surface area contributed by atoms with Crippen LogP contribution in [-0.4, -0.2) is 43.8 Å². The van der Waals surface area contributed by atoms with Gasteiger partial charge in [0.25, 0.3) is 0 Å². The molecule has 49 heavy (non-hydrogen) atoms. The van der Waals surface area contributed by atoms with Gasteiger partial charge in [-0.3, -0.25) is 0 Å². The van der Waals surface area contributed by atoms with E-state index in [0.717, 1.165) is 101 Å². The maximum absolute atomic E-state index is 11.5. The van der Waals surface area contributed by atoms with Crippen LogP contribution < -0.4 is 14.2 Å². The zero-order chi connectivity index (χ0) is 34.7. The van der Waals surface area contributed by atoms with Gasteiger partial charge in [0.15, 0.2) is 23.0 Å². The van der Waals surface area contributed by atoms with Crippen molar-refractivity contribution < 1.29 is 33.5 Å². The van der Waals surface area contributed by atoms with E-state index in [1.807, 2.05) is 6.07 Å². The van der Waals surface area contributed by atoms with Crippen LogP contribution in [0.2, 0.25) is 0 Å². The summed E-state index contributed by atoms with van der Waals surface area (Å²) in [5.41, 5.74) is 4.37. The summed E-state index contributed by atoms with van der Waals surface area (Å²) in [6.45, 7) is 9.34. The summed E-state index contributed by atoms with van der Waals surface area (Å²) < 4.78 is 39.2. The molecular weight excluding hydrogens is 616 g/mol. The molecule has 1 N–H and O–H groups in total. The molecule has 1 spiro atoms. The van der Waals surface area contributed by atoms with Gasteiger partial charge in [-0.25, -0.2) is 0 Å². The van der Waals surface area contributed by atoms with E-state index < -0.39 is 17.4 Å². The fourth-order valence-electron chi connectivity index (χ4n) is 10.5. The summed E-state index contributed by atoms with van der Waals surface area (Å²) in [4.78, 5) is 0. The molecule has 2 aromatic rings. The van der Waals surface area contributed by atoms with Crippen molar-refractivity contribution in [1.82, 2.24) is 0 Å². The van der Waals surface area contributed by atoms with E-state index in [0.29, 0.717) is 5.75 Å². The smallest absolute Gasteiger partial charge is 0.210 e. The fourth-order valence-corrected chi connectivity index (χ4v) is 10.5. The molecule has 0 heterocycles. The van der Waals surface area contributed by atoms with Crippen LogP contribution in [0.1, 0.15) is 159 Å². The van der Waals surface area contributed by atoms with E-state index in [2.05, 4.69) is 45.9 Å². The zero-order valence-corrected chi connectivity index (χ0v) is 31.2. The molecule has 3 fully saturated rings. The highest BCUT2D eigenvalue weighted by molar-refractivity contribution is 5.66. The van der Waals surface area contributed by atoms with Crippen LogP contribution in [0, 0.1) is 0 Å². The minimum atomic E-state index is -0.712. The summed E-state index contributed by atoms with van der Waals surface area (Å²) >= 11 is 0. The maximum atomic E-state index is 11.5. The molecule has 2 aromatic carbocycles. The van der Waals surface area contributed by atoms with Gasteiger partial charge in [-0.2, -0.15) is 0 Å². The van der Waals surface area contributed by atoms with Gasteiger partial charge in [0.1, 0.15) is 0 Å². The van der Waals surface area contributed by atoms with Crippen molar-refractivity contribution in [2.45, 2.75) is 170 Å². The minimum absolute atomic E-state index is 0.143. The Balaban J connectivity index is 1.38. The van der Waals surface area contributed by atoms with Crippen LogP contribution in [0.15, 0.2) is 24.3 Å². The Morgan fingerprint density at radius 2 is 0.776 bits per heavy atom. The molecule has 0 aromatic heterocycles. The largest absolute Gasteiger partial charge is 0.504 e. The van der Waals surface area contributed by atoms with E-state index in [1.165, 1.54) is 41.5 Å². The number of methoxy groups -OCH3 is 3. The SMILES string of the molecule is COC1(Oc2cc3c(cc2O)C(C)(C)CC32CC(C)(C)c3cc(OC4(OC)CCCCC4)c(OC4(OC)CCCCC4)cc32)CCCCC1. The van der Waals surface area contributed by atoms with Gasteiger partial charge in [-0.05, 0) is 109 Å². The van der Waals surface area contributed by atoms with Crippen LogP contribution in [0.4, 0.5) is 0 Å². The first-order valence-corrected chi connectivity index (χ1v) is 19.1. The van der Waals surface area contributed by atoms with Gasteiger partial charge in [0, 0.05) is 65.3 Å². The van der Waals surface area contributed by atoms with Crippen molar-refractivity contribution in [1.29, 1.82) is 0 Å². The number of hydrogen-bond donors (Lipinski definition) is 1. The molecule has 7 nitrogen and oxygen atoms in total. The molecule has 0 bridgehead atoms. The van der Waals surface area contributed by atoms with E-state index in [-0.39, 0.29) is 22.0 Å². The molecule has 5 aliphatic rings. The number of benzene rings is 2. The topological polar surface area (TPSA) is 75.6 Å². The first-order chi connectivity index (χ1) is 23.3. The van der Waals surface area contributed by atoms with Crippen molar-refractivity contribution in [2.24, 2.45) is 0 Å². The molecule has 7 heteroatoms. The lowest BCUT2D eigenvalue weighted by Crippen LogP contribution is -2.42. The average Bonchev–Trinajstić information content (AvgIpc) is 3.44.